The second kappa shape index (κ2) is 3.64. The lowest BCUT2D eigenvalue weighted by Crippen LogP contribution is -2.59. The van der Waals surface area contributed by atoms with Crippen LogP contribution in [0.15, 0.2) is 0 Å². The lowest BCUT2D eigenvalue weighted by atomic mass is 9.61. The first-order valence-electron chi connectivity index (χ1n) is 6.42. The molecule has 0 aromatic rings. The van der Waals surface area contributed by atoms with Crippen LogP contribution >= 0.6 is 0 Å². The van der Waals surface area contributed by atoms with Crippen molar-refractivity contribution in [3.05, 3.63) is 0 Å². The molecule has 2 aliphatic heterocycles. The molecule has 2 bridgehead atoms. The van der Waals surface area contributed by atoms with Crippen molar-refractivity contribution in [1.82, 2.24) is 0 Å². The van der Waals surface area contributed by atoms with Crippen molar-refractivity contribution in [3.8, 4) is 0 Å². The van der Waals surface area contributed by atoms with Gasteiger partial charge in [-0.15, -0.1) is 0 Å². The molecule has 3 heteroatoms. The molecule has 3 nitrogen and oxygen atoms in total. The van der Waals surface area contributed by atoms with E-state index < -0.39 is 5.60 Å². The van der Waals surface area contributed by atoms with Gasteiger partial charge in [-0.05, 0) is 32.6 Å². The molecule has 0 aromatic heterocycles. The van der Waals surface area contributed by atoms with E-state index in [1.54, 1.807) is 6.92 Å². The van der Waals surface area contributed by atoms with Gasteiger partial charge in [0.05, 0.1) is 12.0 Å². The summed E-state index contributed by atoms with van der Waals surface area (Å²) in [5.41, 5.74) is -1.26. The van der Waals surface area contributed by atoms with Crippen LogP contribution in [0.5, 0.6) is 0 Å². The molecule has 0 aromatic carbocycles. The fraction of sp³-hybridized carbons (Fsp3) is 0.857. The number of ether oxygens (including phenoxy) is 1. The first-order chi connectivity index (χ1) is 7.72. The second-order valence-electron chi connectivity index (χ2n) is 6.70. The van der Waals surface area contributed by atoms with E-state index >= 15 is 0 Å². The van der Waals surface area contributed by atoms with Crippen LogP contribution in [0.3, 0.4) is 0 Å². The summed E-state index contributed by atoms with van der Waals surface area (Å²) in [6.07, 6.45) is 3.04. The van der Waals surface area contributed by atoms with Crippen LogP contribution in [0.1, 0.15) is 53.4 Å². The first kappa shape index (κ1) is 12.7. The number of carbonyl (C=O) groups is 2. The number of hydrogen-bond acceptors (Lipinski definition) is 3. The normalized spacial score (nSPS) is 36.9. The largest absolute Gasteiger partial charge is 0.366 e. The highest BCUT2D eigenvalue weighted by molar-refractivity contribution is 5.93. The van der Waals surface area contributed by atoms with Gasteiger partial charge in [0.2, 0.25) is 0 Å². The topological polar surface area (TPSA) is 43.4 Å². The van der Waals surface area contributed by atoms with Crippen molar-refractivity contribution in [2.45, 2.75) is 59.0 Å². The van der Waals surface area contributed by atoms with Crippen LogP contribution in [0.4, 0.5) is 0 Å². The Balaban J connectivity index is 2.20. The smallest absolute Gasteiger partial charge is 0.169 e. The Bertz CT molecular complexity index is 338. The van der Waals surface area contributed by atoms with Crippen LogP contribution in [-0.4, -0.2) is 23.8 Å². The van der Waals surface area contributed by atoms with Crippen molar-refractivity contribution in [3.63, 3.8) is 0 Å². The molecule has 0 radical (unpaired) electrons. The Morgan fingerprint density at radius 3 is 1.88 bits per heavy atom. The van der Waals surface area contributed by atoms with Gasteiger partial charge in [0.1, 0.15) is 11.4 Å². The van der Waals surface area contributed by atoms with Gasteiger partial charge in [0, 0.05) is 5.41 Å². The van der Waals surface area contributed by atoms with Crippen molar-refractivity contribution >= 4 is 11.6 Å². The molecule has 96 valence electrons. The van der Waals surface area contributed by atoms with Crippen molar-refractivity contribution in [1.29, 1.82) is 0 Å². The highest BCUT2D eigenvalue weighted by atomic mass is 16.5. The van der Waals surface area contributed by atoms with Crippen LogP contribution in [0.25, 0.3) is 0 Å². The molecule has 3 aliphatic rings. The molecule has 1 saturated carbocycles. The fourth-order valence-corrected chi connectivity index (χ4v) is 3.13. The van der Waals surface area contributed by atoms with Gasteiger partial charge in [-0.1, -0.05) is 20.8 Å². The molecule has 0 amide bonds. The van der Waals surface area contributed by atoms with Gasteiger partial charge in [-0.3, -0.25) is 9.59 Å². The lowest BCUT2D eigenvalue weighted by molar-refractivity contribution is -0.198. The molecule has 3 rings (SSSR count). The molecule has 0 spiro atoms. The number of fused-ring (bicyclic) bond motifs is 3. The maximum Gasteiger partial charge on any atom is 0.169 e. The van der Waals surface area contributed by atoms with Crippen molar-refractivity contribution in [2.75, 3.05) is 6.61 Å². The number of carbonyl (C=O) groups excluding carboxylic acids is 2. The fourth-order valence-electron chi connectivity index (χ4n) is 3.13. The molecule has 2 heterocycles. The third-order valence-electron chi connectivity index (χ3n) is 4.48. The summed E-state index contributed by atoms with van der Waals surface area (Å²) in [6.45, 7) is 7.90. The van der Waals surface area contributed by atoms with E-state index in [1.165, 1.54) is 0 Å². The maximum absolute atomic E-state index is 12.5. The Kier molecular flexibility index (Phi) is 2.73. The minimum absolute atomic E-state index is 0.196. The van der Waals surface area contributed by atoms with Gasteiger partial charge in [-0.25, -0.2) is 0 Å². The summed E-state index contributed by atoms with van der Waals surface area (Å²) in [4.78, 5) is 24.1. The minimum atomic E-state index is -0.602. The van der Waals surface area contributed by atoms with E-state index in [9.17, 15) is 9.59 Å². The Hall–Kier alpha value is -0.700. The van der Waals surface area contributed by atoms with E-state index in [4.69, 9.17) is 4.74 Å². The van der Waals surface area contributed by atoms with Gasteiger partial charge in [0.25, 0.3) is 0 Å². The standard InChI is InChI=1S/C14H22O3/c1-10(15)13-5-7-14(8-6-13,17-9-13)11(16)12(2,3)4/h5-9H2,1-4H3. The molecule has 17 heavy (non-hydrogen) atoms. The van der Waals surface area contributed by atoms with E-state index in [2.05, 4.69) is 0 Å². The zero-order chi connectivity index (χ0) is 12.9. The molecular formula is C14H22O3. The van der Waals surface area contributed by atoms with E-state index in [-0.39, 0.29) is 22.4 Å². The summed E-state index contributed by atoms with van der Waals surface area (Å²) in [5.74, 6) is 0.413. The third kappa shape index (κ3) is 1.85. The van der Waals surface area contributed by atoms with Crippen molar-refractivity contribution in [2.24, 2.45) is 10.8 Å². The number of hydrogen-bond donors (Lipinski definition) is 0. The summed E-state index contributed by atoms with van der Waals surface area (Å²) in [5, 5.41) is 0. The average molecular weight is 238 g/mol. The highest BCUT2D eigenvalue weighted by Gasteiger charge is 2.57. The zero-order valence-corrected chi connectivity index (χ0v) is 11.3. The maximum atomic E-state index is 12.5. The summed E-state index contributed by atoms with van der Waals surface area (Å²) in [6, 6.07) is 0. The second-order valence-corrected chi connectivity index (χ2v) is 6.70. The molecule has 0 N–H and O–H groups in total. The highest BCUT2D eigenvalue weighted by Crippen LogP contribution is 2.51. The molecular weight excluding hydrogens is 216 g/mol. The minimum Gasteiger partial charge on any atom is -0.366 e. The van der Waals surface area contributed by atoms with Crippen LogP contribution in [0.2, 0.25) is 0 Å². The quantitative estimate of drug-likeness (QED) is 0.742. The van der Waals surface area contributed by atoms with Gasteiger partial charge >= 0.3 is 0 Å². The summed E-state index contributed by atoms with van der Waals surface area (Å²) in [7, 11) is 0. The molecule has 2 saturated heterocycles. The van der Waals surface area contributed by atoms with Crippen LogP contribution in [0, 0.1) is 10.8 Å². The average Bonchev–Trinajstić information content (AvgIpc) is 2.29. The van der Waals surface area contributed by atoms with Gasteiger partial charge < -0.3 is 4.74 Å². The summed E-state index contributed by atoms with van der Waals surface area (Å²) < 4.78 is 5.85. The Morgan fingerprint density at radius 2 is 1.59 bits per heavy atom. The van der Waals surface area contributed by atoms with Crippen LogP contribution in [-0.2, 0) is 14.3 Å². The lowest BCUT2D eigenvalue weighted by Gasteiger charge is -2.52. The zero-order valence-electron chi connectivity index (χ0n) is 11.3. The van der Waals surface area contributed by atoms with E-state index in [0.29, 0.717) is 19.4 Å². The number of rotatable bonds is 2. The number of Topliss-reactive ketones (excluding diaryl/α,β-unsaturated/α-hetero) is 2. The Labute approximate surface area is 103 Å². The summed E-state index contributed by atoms with van der Waals surface area (Å²) >= 11 is 0. The van der Waals surface area contributed by atoms with Crippen molar-refractivity contribution < 1.29 is 14.3 Å². The van der Waals surface area contributed by atoms with E-state index in [1.807, 2.05) is 20.8 Å². The van der Waals surface area contributed by atoms with Gasteiger partial charge in [-0.2, -0.15) is 0 Å². The third-order valence-corrected chi connectivity index (χ3v) is 4.48. The predicted molar refractivity (Wildman–Crippen MR) is 64.7 cm³/mol. The molecule has 1 aliphatic carbocycles. The SMILES string of the molecule is CC(=O)C12CCC(C(=O)C(C)(C)C)(CC1)OC2. The van der Waals surface area contributed by atoms with Gasteiger partial charge in [0.15, 0.2) is 5.78 Å². The number of ketones is 2. The van der Waals surface area contributed by atoms with Crippen LogP contribution < -0.4 is 0 Å². The Morgan fingerprint density at radius 1 is 1.06 bits per heavy atom. The monoisotopic (exact) mass is 238 g/mol. The predicted octanol–water partition coefficient (Wildman–Crippen LogP) is 2.52. The molecule has 0 atom stereocenters. The molecule has 0 unspecified atom stereocenters. The molecule has 3 fully saturated rings. The van der Waals surface area contributed by atoms with E-state index in [0.717, 1.165) is 12.8 Å². The first-order valence-corrected chi connectivity index (χ1v) is 6.42.